The van der Waals surface area contributed by atoms with Crippen molar-refractivity contribution in [2.75, 3.05) is 5.32 Å². The van der Waals surface area contributed by atoms with E-state index in [9.17, 15) is 4.79 Å². The van der Waals surface area contributed by atoms with Crippen LogP contribution in [0.15, 0.2) is 18.2 Å². The smallest absolute Gasteiger partial charge is 0.319 e. The summed E-state index contributed by atoms with van der Waals surface area (Å²) in [4.78, 5) is 11.9. The summed E-state index contributed by atoms with van der Waals surface area (Å²) in [5, 5.41) is 5.70. The zero-order valence-electron chi connectivity index (χ0n) is 13.5. The molecule has 5 heteroatoms. The standard InChI is InChI=1S/C17H24N2O3/c1-16(2,3)19-15(20)18-12-7-8-13-14(11-12)22-17(21-13)9-5-4-6-10-17/h7-8,11H,4-6,9-10H2,1-3H3,(H2,18,19,20). The van der Waals surface area contributed by atoms with Crippen LogP contribution in [0.3, 0.4) is 0 Å². The third-order valence-electron chi connectivity index (χ3n) is 3.90. The van der Waals surface area contributed by atoms with Crippen LogP contribution in [0.2, 0.25) is 0 Å². The highest BCUT2D eigenvalue weighted by Crippen LogP contribution is 2.46. The molecule has 0 saturated heterocycles. The molecule has 1 spiro atoms. The van der Waals surface area contributed by atoms with E-state index in [1.165, 1.54) is 6.42 Å². The Morgan fingerprint density at radius 1 is 1.09 bits per heavy atom. The predicted molar refractivity (Wildman–Crippen MR) is 85.4 cm³/mol. The first-order valence-electron chi connectivity index (χ1n) is 7.97. The molecule has 0 unspecified atom stereocenters. The Hall–Kier alpha value is -1.91. The quantitative estimate of drug-likeness (QED) is 0.823. The number of ether oxygens (including phenoxy) is 2. The SMILES string of the molecule is CC(C)(C)NC(=O)Nc1ccc2c(c1)OC1(CCCCC1)O2. The second-order valence-corrected chi connectivity index (χ2v) is 7.17. The van der Waals surface area contributed by atoms with E-state index in [0.717, 1.165) is 37.2 Å². The summed E-state index contributed by atoms with van der Waals surface area (Å²) in [7, 11) is 0. The number of hydrogen-bond donors (Lipinski definition) is 2. The Morgan fingerprint density at radius 2 is 1.77 bits per heavy atom. The van der Waals surface area contributed by atoms with Crippen molar-refractivity contribution in [1.29, 1.82) is 0 Å². The van der Waals surface area contributed by atoms with Crippen LogP contribution in [0.25, 0.3) is 0 Å². The summed E-state index contributed by atoms with van der Waals surface area (Å²) in [5.41, 5.74) is 0.434. The summed E-state index contributed by atoms with van der Waals surface area (Å²) in [6.07, 6.45) is 5.36. The molecule has 1 aromatic carbocycles. The van der Waals surface area contributed by atoms with Crippen LogP contribution in [0, 0.1) is 0 Å². The van der Waals surface area contributed by atoms with Crippen molar-refractivity contribution in [3.05, 3.63) is 18.2 Å². The summed E-state index contributed by atoms with van der Waals surface area (Å²) < 4.78 is 12.1. The minimum atomic E-state index is -0.479. The van der Waals surface area contributed by atoms with Crippen molar-refractivity contribution < 1.29 is 14.3 Å². The van der Waals surface area contributed by atoms with E-state index >= 15 is 0 Å². The summed E-state index contributed by atoms with van der Waals surface area (Å²) in [6.45, 7) is 5.83. The highest BCUT2D eigenvalue weighted by molar-refractivity contribution is 5.90. The van der Waals surface area contributed by atoms with Crippen molar-refractivity contribution >= 4 is 11.7 Å². The van der Waals surface area contributed by atoms with Crippen LogP contribution in [0.1, 0.15) is 52.9 Å². The van der Waals surface area contributed by atoms with Gasteiger partial charge in [-0.3, -0.25) is 0 Å². The third kappa shape index (κ3) is 3.29. The molecule has 2 amide bonds. The van der Waals surface area contributed by atoms with Gasteiger partial charge in [0.2, 0.25) is 0 Å². The zero-order valence-corrected chi connectivity index (χ0v) is 13.5. The second kappa shape index (κ2) is 5.38. The van der Waals surface area contributed by atoms with Crippen LogP contribution in [-0.4, -0.2) is 17.4 Å². The lowest BCUT2D eigenvalue weighted by Crippen LogP contribution is -2.43. The average molecular weight is 304 g/mol. The first kappa shape index (κ1) is 15.0. The number of benzene rings is 1. The number of hydrogen-bond acceptors (Lipinski definition) is 3. The molecule has 0 bridgehead atoms. The van der Waals surface area contributed by atoms with Gasteiger partial charge < -0.3 is 20.1 Å². The topological polar surface area (TPSA) is 59.6 Å². The molecule has 5 nitrogen and oxygen atoms in total. The van der Waals surface area contributed by atoms with Gasteiger partial charge in [0.1, 0.15) is 0 Å². The molecule has 120 valence electrons. The number of carbonyl (C=O) groups is 1. The van der Waals surface area contributed by atoms with Crippen LogP contribution in [0.4, 0.5) is 10.5 Å². The van der Waals surface area contributed by atoms with E-state index in [1.807, 2.05) is 39.0 Å². The van der Waals surface area contributed by atoms with E-state index < -0.39 is 5.79 Å². The van der Waals surface area contributed by atoms with Crippen LogP contribution in [0.5, 0.6) is 11.5 Å². The highest BCUT2D eigenvalue weighted by Gasteiger charge is 2.42. The van der Waals surface area contributed by atoms with Gasteiger partial charge in [-0.1, -0.05) is 6.42 Å². The fourth-order valence-corrected chi connectivity index (χ4v) is 2.97. The normalized spacial score (nSPS) is 19.0. The number of anilines is 1. The molecule has 1 aromatic rings. The van der Waals surface area contributed by atoms with E-state index in [-0.39, 0.29) is 11.6 Å². The molecule has 1 aliphatic carbocycles. The number of rotatable bonds is 1. The van der Waals surface area contributed by atoms with Gasteiger partial charge >= 0.3 is 6.03 Å². The Labute approximate surface area is 131 Å². The van der Waals surface area contributed by atoms with Gasteiger partial charge in [0, 0.05) is 30.1 Å². The van der Waals surface area contributed by atoms with Gasteiger partial charge in [-0.15, -0.1) is 0 Å². The van der Waals surface area contributed by atoms with E-state index in [1.54, 1.807) is 0 Å². The Balaban J connectivity index is 1.69. The predicted octanol–water partition coefficient (Wildman–Crippen LogP) is 4.04. The van der Waals surface area contributed by atoms with Crippen molar-refractivity contribution in [3.63, 3.8) is 0 Å². The summed E-state index contributed by atoms with van der Waals surface area (Å²) in [6, 6.07) is 5.32. The average Bonchev–Trinajstić information content (AvgIpc) is 2.74. The molecule has 2 N–H and O–H groups in total. The lowest BCUT2D eigenvalue weighted by Gasteiger charge is -2.31. The van der Waals surface area contributed by atoms with Gasteiger partial charge in [-0.05, 0) is 45.7 Å². The van der Waals surface area contributed by atoms with Crippen molar-refractivity contribution in [3.8, 4) is 11.5 Å². The molecule has 1 heterocycles. The maximum Gasteiger partial charge on any atom is 0.319 e. The molecule has 2 aliphatic rings. The molecule has 0 radical (unpaired) electrons. The van der Waals surface area contributed by atoms with Gasteiger partial charge in [-0.25, -0.2) is 4.79 Å². The number of nitrogens with one attached hydrogen (secondary N) is 2. The summed E-state index contributed by atoms with van der Waals surface area (Å²) >= 11 is 0. The monoisotopic (exact) mass is 304 g/mol. The van der Waals surface area contributed by atoms with Gasteiger partial charge in [-0.2, -0.15) is 0 Å². The number of urea groups is 1. The van der Waals surface area contributed by atoms with Gasteiger partial charge in [0.15, 0.2) is 11.5 Å². The third-order valence-corrected chi connectivity index (χ3v) is 3.90. The molecule has 1 fully saturated rings. The molecule has 3 rings (SSSR count). The van der Waals surface area contributed by atoms with Crippen LogP contribution < -0.4 is 20.1 Å². The number of amides is 2. The largest absolute Gasteiger partial charge is 0.448 e. The van der Waals surface area contributed by atoms with Crippen LogP contribution >= 0.6 is 0 Å². The fourth-order valence-electron chi connectivity index (χ4n) is 2.97. The molecule has 1 saturated carbocycles. The Morgan fingerprint density at radius 3 is 2.45 bits per heavy atom. The second-order valence-electron chi connectivity index (χ2n) is 7.17. The van der Waals surface area contributed by atoms with Crippen molar-refractivity contribution in [2.24, 2.45) is 0 Å². The van der Waals surface area contributed by atoms with Crippen molar-refractivity contribution in [1.82, 2.24) is 5.32 Å². The molecular weight excluding hydrogens is 280 g/mol. The van der Waals surface area contributed by atoms with Crippen LogP contribution in [-0.2, 0) is 0 Å². The lowest BCUT2D eigenvalue weighted by atomic mass is 9.94. The maximum atomic E-state index is 11.9. The number of carbonyl (C=O) groups excluding carboxylic acids is 1. The highest BCUT2D eigenvalue weighted by atomic mass is 16.7. The van der Waals surface area contributed by atoms with E-state index in [0.29, 0.717) is 5.69 Å². The fraction of sp³-hybridized carbons (Fsp3) is 0.588. The first-order valence-corrected chi connectivity index (χ1v) is 7.97. The number of fused-ring (bicyclic) bond motifs is 1. The summed E-state index contributed by atoms with van der Waals surface area (Å²) in [5.74, 6) is 1.01. The Bertz CT molecular complexity index is 572. The van der Waals surface area contributed by atoms with Crippen molar-refractivity contribution in [2.45, 2.75) is 64.2 Å². The zero-order chi connectivity index (χ0) is 15.8. The first-order chi connectivity index (χ1) is 10.4. The molecule has 1 aliphatic heterocycles. The lowest BCUT2D eigenvalue weighted by molar-refractivity contribution is -0.105. The molecule has 22 heavy (non-hydrogen) atoms. The minimum Gasteiger partial charge on any atom is -0.448 e. The van der Waals surface area contributed by atoms with E-state index in [4.69, 9.17) is 9.47 Å². The molecular formula is C17H24N2O3. The minimum absolute atomic E-state index is 0.223. The van der Waals surface area contributed by atoms with E-state index in [2.05, 4.69) is 10.6 Å². The van der Waals surface area contributed by atoms with Gasteiger partial charge in [0.25, 0.3) is 5.79 Å². The van der Waals surface area contributed by atoms with Gasteiger partial charge in [0.05, 0.1) is 0 Å². The Kier molecular flexibility index (Phi) is 3.67. The molecule has 0 aromatic heterocycles. The maximum absolute atomic E-state index is 11.9. The molecule has 0 atom stereocenters.